The lowest BCUT2D eigenvalue weighted by atomic mass is 9.51. The first kappa shape index (κ1) is 13.5. The largest absolute Gasteiger partial charge is 0.319 e. The minimum atomic E-state index is -0.0720. The van der Waals surface area contributed by atoms with Crippen molar-refractivity contribution in [3.05, 3.63) is 11.8 Å². The summed E-state index contributed by atoms with van der Waals surface area (Å²) in [5, 5.41) is 0. The number of carbonyl (C=O) groups excluding carboxylic acids is 2. The van der Waals surface area contributed by atoms with Crippen molar-refractivity contribution >= 4 is 11.7 Å². The van der Waals surface area contributed by atoms with E-state index in [-0.39, 0.29) is 16.7 Å². The molecule has 0 aromatic carbocycles. The van der Waals surface area contributed by atoms with E-state index in [0.29, 0.717) is 30.0 Å². The molecule has 1 amide bonds. The molecule has 21 heavy (non-hydrogen) atoms. The highest BCUT2D eigenvalue weighted by atomic mass is 16.2. The van der Waals surface area contributed by atoms with E-state index in [9.17, 15) is 9.59 Å². The van der Waals surface area contributed by atoms with Crippen LogP contribution >= 0.6 is 0 Å². The number of rotatable bonds is 0. The Morgan fingerprint density at radius 2 is 1.86 bits per heavy atom. The molecule has 3 aliphatic carbocycles. The summed E-state index contributed by atoms with van der Waals surface area (Å²) < 4.78 is 0. The van der Waals surface area contributed by atoms with E-state index >= 15 is 0 Å². The van der Waals surface area contributed by atoms with Crippen molar-refractivity contribution in [2.24, 2.45) is 28.6 Å². The van der Waals surface area contributed by atoms with E-state index in [0.717, 1.165) is 32.1 Å². The second-order valence-corrected chi connectivity index (χ2v) is 8.17. The fourth-order valence-corrected chi connectivity index (χ4v) is 6.16. The molecule has 1 saturated heterocycles. The molecule has 0 radical (unpaired) electrons. The van der Waals surface area contributed by atoms with Gasteiger partial charge in [0.15, 0.2) is 0 Å². The van der Waals surface area contributed by atoms with Gasteiger partial charge in [-0.2, -0.15) is 0 Å². The van der Waals surface area contributed by atoms with Crippen molar-refractivity contribution in [3.63, 3.8) is 0 Å². The quantitative estimate of drug-likeness (QED) is 0.686. The third-order valence-electron chi connectivity index (χ3n) is 7.39. The Morgan fingerprint density at radius 3 is 2.62 bits per heavy atom. The number of likely N-dealkylation sites (tertiary alicyclic amines) is 1. The van der Waals surface area contributed by atoms with Gasteiger partial charge in [0.2, 0.25) is 5.91 Å². The summed E-state index contributed by atoms with van der Waals surface area (Å²) >= 11 is 0. The van der Waals surface area contributed by atoms with Crippen LogP contribution in [0.1, 0.15) is 52.4 Å². The van der Waals surface area contributed by atoms with E-state index in [1.54, 1.807) is 0 Å². The molecule has 3 fully saturated rings. The molecule has 0 aromatic heterocycles. The standard InChI is InChI=1S/C18H25NO2/c1-17-9-8-13-11(12(17)5-7-15(17)20)4-6-14-18(13,2)10-16(21)19(14)3/h6,11-13H,4-5,7-10H2,1-3H3/t11-,12-,13-,17-,18+/m0/s1. The van der Waals surface area contributed by atoms with Crippen molar-refractivity contribution in [1.82, 2.24) is 4.90 Å². The van der Waals surface area contributed by atoms with Gasteiger partial charge in [-0.05, 0) is 43.4 Å². The Morgan fingerprint density at radius 1 is 1.14 bits per heavy atom. The minimum absolute atomic E-state index is 0.0156. The summed E-state index contributed by atoms with van der Waals surface area (Å²) in [6, 6.07) is 0. The molecule has 0 spiro atoms. The Labute approximate surface area is 126 Å². The average Bonchev–Trinajstić information content (AvgIpc) is 2.86. The number of Topliss-reactive ketones (excluding diaryl/α,β-unsaturated/α-hetero) is 1. The third kappa shape index (κ3) is 1.50. The van der Waals surface area contributed by atoms with Crippen LogP contribution in [0.15, 0.2) is 11.8 Å². The van der Waals surface area contributed by atoms with Gasteiger partial charge >= 0.3 is 0 Å². The SMILES string of the molecule is CN1C(=O)C[C@@]2(C)C1=CC[C@@H]1[C@@H]2CC[C@]2(C)C(=O)CC[C@@H]12. The van der Waals surface area contributed by atoms with Crippen LogP contribution in [0.5, 0.6) is 0 Å². The van der Waals surface area contributed by atoms with Gasteiger partial charge in [-0.15, -0.1) is 0 Å². The molecule has 0 bridgehead atoms. The van der Waals surface area contributed by atoms with Gasteiger partial charge in [0, 0.05) is 36.4 Å². The number of amides is 1. The number of carbonyl (C=O) groups is 2. The van der Waals surface area contributed by atoms with E-state index in [2.05, 4.69) is 19.9 Å². The third-order valence-corrected chi connectivity index (χ3v) is 7.39. The molecule has 1 aliphatic heterocycles. The van der Waals surface area contributed by atoms with Crippen molar-refractivity contribution in [2.45, 2.75) is 52.4 Å². The maximum absolute atomic E-state index is 12.3. The number of ketones is 1. The van der Waals surface area contributed by atoms with Gasteiger partial charge in [-0.3, -0.25) is 9.59 Å². The number of fused-ring (bicyclic) bond motifs is 5. The Kier molecular flexibility index (Phi) is 2.57. The van der Waals surface area contributed by atoms with Gasteiger partial charge in [0.25, 0.3) is 0 Å². The lowest BCUT2D eigenvalue weighted by Gasteiger charge is -2.53. The van der Waals surface area contributed by atoms with E-state index < -0.39 is 0 Å². The minimum Gasteiger partial charge on any atom is -0.319 e. The smallest absolute Gasteiger partial charge is 0.227 e. The van der Waals surface area contributed by atoms with Gasteiger partial charge in [-0.25, -0.2) is 0 Å². The highest BCUT2D eigenvalue weighted by molar-refractivity contribution is 5.87. The summed E-state index contributed by atoms with van der Waals surface area (Å²) in [5.74, 6) is 2.48. The zero-order valence-corrected chi connectivity index (χ0v) is 13.3. The number of nitrogens with zero attached hydrogens (tertiary/aromatic N) is 1. The molecule has 3 heteroatoms. The van der Waals surface area contributed by atoms with Gasteiger partial charge < -0.3 is 4.90 Å². The summed E-state index contributed by atoms with van der Waals surface area (Å²) in [7, 11) is 1.92. The van der Waals surface area contributed by atoms with Crippen LogP contribution in [0.4, 0.5) is 0 Å². The van der Waals surface area contributed by atoms with E-state index in [1.165, 1.54) is 5.70 Å². The highest BCUT2D eigenvalue weighted by Gasteiger charge is 2.60. The Bertz CT molecular complexity index is 566. The number of allylic oxidation sites excluding steroid dienone is 2. The van der Waals surface area contributed by atoms with Crippen LogP contribution in [0.2, 0.25) is 0 Å². The molecular weight excluding hydrogens is 262 g/mol. The van der Waals surface area contributed by atoms with Crippen molar-refractivity contribution < 1.29 is 9.59 Å². The number of hydrogen-bond donors (Lipinski definition) is 0. The van der Waals surface area contributed by atoms with Crippen LogP contribution < -0.4 is 0 Å². The zero-order valence-electron chi connectivity index (χ0n) is 13.3. The van der Waals surface area contributed by atoms with Gasteiger partial charge in [-0.1, -0.05) is 19.9 Å². The van der Waals surface area contributed by atoms with E-state index in [4.69, 9.17) is 0 Å². The van der Waals surface area contributed by atoms with Crippen LogP contribution in [-0.2, 0) is 9.59 Å². The fourth-order valence-electron chi connectivity index (χ4n) is 6.16. The van der Waals surface area contributed by atoms with E-state index in [1.807, 2.05) is 11.9 Å². The first-order valence-electron chi connectivity index (χ1n) is 8.38. The zero-order chi connectivity index (χ0) is 15.0. The molecule has 4 aliphatic rings. The van der Waals surface area contributed by atoms with Crippen LogP contribution in [0.3, 0.4) is 0 Å². The topological polar surface area (TPSA) is 37.4 Å². The van der Waals surface area contributed by atoms with Crippen LogP contribution in [0.25, 0.3) is 0 Å². The van der Waals surface area contributed by atoms with Gasteiger partial charge in [0.05, 0.1) is 0 Å². The average molecular weight is 287 g/mol. The predicted molar refractivity (Wildman–Crippen MR) is 80.2 cm³/mol. The molecule has 3 nitrogen and oxygen atoms in total. The fraction of sp³-hybridized carbons (Fsp3) is 0.778. The Balaban J connectivity index is 1.74. The normalized spacial score (nSPS) is 48.8. The van der Waals surface area contributed by atoms with Gasteiger partial charge in [0.1, 0.15) is 5.78 Å². The lowest BCUT2D eigenvalue weighted by Crippen LogP contribution is -2.48. The molecule has 1 heterocycles. The molecule has 0 N–H and O–H groups in total. The van der Waals surface area contributed by atoms with Crippen molar-refractivity contribution in [2.75, 3.05) is 7.05 Å². The van der Waals surface area contributed by atoms with Crippen LogP contribution in [-0.4, -0.2) is 23.6 Å². The first-order valence-corrected chi connectivity index (χ1v) is 8.38. The molecule has 4 rings (SSSR count). The molecule has 2 saturated carbocycles. The Hall–Kier alpha value is -1.12. The molecule has 0 aromatic rings. The highest BCUT2D eigenvalue weighted by Crippen LogP contribution is 2.63. The number of hydrogen-bond acceptors (Lipinski definition) is 2. The summed E-state index contributed by atoms with van der Waals surface area (Å²) in [5.41, 5.74) is 1.20. The first-order chi connectivity index (χ1) is 9.88. The monoisotopic (exact) mass is 287 g/mol. The molecule has 114 valence electrons. The molecular formula is C18H25NO2. The van der Waals surface area contributed by atoms with Crippen LogP contribution in [0, 0.1) is 28.6 Å². The lowest BCUT2D eigenvalue weighted by molar-refractivity contribution is -0.132. The summed E-state index contributed by atoms with van der Waals surface area (Å²) in [6.45, 7) is 4.49. The summed E-state index contributed by atoms with van der Waals surface area (Å²) in [6.07, 6.45) is 8.00. The molecule has 5 atom stereocenters. The molecule has 0 unspecified atom stereocenters. The maximum Gasteiger partial charge on any atom is 0.227 e. The maximum atomic E-state index is 12.3. The second-order valence-electron chi connectivity index (χ2n) is 8.17. The summed E-state index contributed by atoms with van der Waals surface area (Å²) in [4.78, 5) is 26.4. The second kappa shape index (κ2) is 3.99. The van der Waals surface area contributed by atoms with Crippen molar-refractivity contribution in [1.29, 1.82) is 0 Å². The van der Waals surface area contributed by atoms with Crippen molar-refractivity contribution in [3.8, 4) is 0 Å². The predicted octanol–water partition coefficient (Wildman–Crippen LogP) is 3.15.